The van der Waals surface area contributed by atoms with E-state index in [0.29, 0.717) is 13.1 Å². The lowest BCUT2D eigenvalue weighted by molar-refractivity contribution is -0.115. The van der Waals surface area contributed by atoms with Crippen LogP contribution in [0.15, 0.2) is 24.3 Å². The Bertz CT molecular complexity index is 599. The van der Waals surface area contributed by atoms with Crippen LogP contribution in [-0.2, 0) is 10.2 Å². The Morgan fingerprint density at radius 3 is 2.23 bits per heavy atom. The normalized spacial score (nSPS) is 17.2. The molecule has 0 atom stereocenters. The van der Waals surface area contributed by atoms with Crippen LogP contribution in [0, 0.1) is 0 Å². The number of benzene rings is 1. The maximum Gasteiger partial charge on any atom is 0.405 e. The van der Waals surface area contributed by atoms with Crippen molar-refractivity contribution in [3.05, 3.63) is 24.3 Å². The van der Waals surface area contributed by atoms with Gasteiger partial charge in [-0.05, 0) is 25.0 Å². The van der Waals surface area contributed by atoms with Crippen molar-refractivity contribution in [3.63, 3.8) is 0 Å². The van der Waals surface area contributed by atoms with Crippen LogP contribution in [0.4, 0.5) is 24.5 Å². The van der Waals surface area contributed by atoms with E-state index in [0.717, 1.165) is 19.3 Å². The number of hydrogen-bond donors (Lipinski definition) is 2. The monoisotopic (exact) mass is 337 g/mol. The van der Waals surface area contributed by atoms with E-state index in [1.807, 2.05) is 0 Å². The maximum absolute atomic E-state index is 12.3. The first-order valence-corrected chi connectivity index (χ1v) is 8.39. The van der Waals surface area contributed by atoms with Crippen LogP contribution in [0.5, 0.6) is 0 Å². The van der Waals surface area contributed by atoms with Gasteiger partial charge in [0, 0.05) is 13.1 Å². The molecule has 9 heteroatoms. The molecule has 0 radical (unpaired) electrons. The Kier molecular flexibility index (Phi) is 5.17. The van der Waals surface area contributed by atoms with Crippen LogP contribution in [-0.4, -0.2) is 38.5 Å². The van der Waals surface area contributed by atoms with Gasteiger partial charge >= 0.3 is 16.4 Å². The highest BCUT2D eigenvalue weighted by molar-refractivity contribution is 7.90. The Balaban J connectivity index is 2.11. The molecular weight excluding hydrogens is 319 g/mol. The van der Waals surface area contributed by atoms with Crippen molar-refractivity contribution in [1.29, 1.82) is 0 Å². The fourth-order valence-electron chi connectivity index (χ4n) is 2.23. The van der Waals surface area contributed by atoms with Gasteiger partial charge in [-0.15, -0.1) is 0 Å². The fraction of sp³-hybridized carbons (Fsp3) is 0.538. The standard InChI is InChI=1S/C13H18F3N3O2S/c14-13(15,16)10-17-11-6-2-3-7-12(11)18-22(20,21)19-8-4-1-5-9-19/h2-3,6-7,17-18H,1,4-5,8-10H2. The molecule has 0 aliphatic carbocycles. The van der Waals surface area contributed by atoms with Crippen LogP contribution in [0.2, 0.25) is 0 Å². The number of anilines is 2. The topological polar surface area (TPSA) is 61.4 Å². The molecule has 2 N–H and O–H groups in total. The van der Waals surface area contributed by atoms with E-state index in [9.17, 15) is 21.6 Å². The number of rotatable bonds is 5. The Morgan fingerprint density at radius 2 is 1.64 bits per heavy atom. The third-order valence-electron chi connectivity index (χ3n) is 3.30. The Labute approximate surface area is 127 Å². The number of para-hydroxylation sites is 2. The van der Waals surface area contributed by atoms with Crippen molar-refractivity contribution in [3.8, 4) is 0 Å². The summed E-state index contributed by atoms with van der Waals surface area (Å²) >= 11 is 0. The molecule has 1 saturated heterocycles. The lowest BCUT2D eigenvalue weighted by Crippen LogP contribution is -2.39. The lowest BCUT2D eigenvalue weighted by atomic mass is 10.2. The largest absolute Gasteiger partial charge is 0.405 e. The summed E-state index contributed by atoms with van der Waals surface area (Å²) in [5.41, 5.74) is 0.206. The maximum atomic E-state index is 12.3. The second-order valence-electron chi connectivity index (χ2n) is 5.08. The van der Waals surface area contributed by atoms with Crippen LogP contribution in [0.3, 0.4) is 0 Å². The number of piperidine rings is 1. The third kappa shape index (κ3) is 4.77. The summed E-state index contributed by atoms with van der Waals surface area (Å²) in [6, 6.07) is 5.93. The van der Waals surface area contributed by atoms with Gasteiger partial charge in [0.2, 0.25) is 0 Å². The molecule has 0 bridgehead atoms. The second-order valence-corrected chi connectivity index (χ2v) is 6.75. The summed E-state index contributed by atoms with van der Waals surface area (Å²) in [6.07, 6.45) is -1.82. The van der Waals surface area contributed by atoms with Crippen LogP contribution in [0.25, 0.3) is 0 Å². The smallest absolute Gasteiger partial charge is 0.375 e. The van der Waals surface area contributed by atoms with Crippen LogP contribution < -0.4 is 10.0 Å². The van der Waals surface area contributed by atoms with E-state index < -0.39 is 22.9 Å². The van der Waals surface area contributed by atoms with Crippen LogP contribution in [0.1, 0.15) is 19.3 Å². The number of hydrogen-bond acceptors (Lipinski definition) is 3. The molecule has 22 heavy (non-hydrogen) atoms. The summed E-state index contributed by atoms with van der Waals surface area (Å²) in [4.78, 5) is 0. The molecule has 1 aromatic carbocycles. The van der Waals surface area contributed by atoms with E-state index in [1.165, 1.54) is 22.5 Å². The minimum Gasteiger partial charge on any atom is -0.375 e. The average molecular weight is 337 g/mol. The van der Waals surface area contributed by atoms with Gasteiger partial charge in [-0.1, -0.05) is 18.6 Å². The van der Waals surface area contributed by atoms with E-state index in [-0.39, 0.29) is 11.4 Å². The molecule has 0 aromatic heterocycles. The van der Waals surface area contributed by atoms with Gasteiger partial charge in [-0.3, -0.25) is 4.72 Å². The van der Waals surface area contributed by atoms with E-state index in [4.69, 9.17) is 0 Å². The summed E-state index contributed by atoms with van der Waals surface area (Å²) in [7, 11) is -3.75. The first-order valence-electron chi connectivity index (χ1n) is 6.95. The van der Waals surface area contributed by atoms with Gasteiger partial charge in [0.15, 0.2) is 0 Å². The number of nitrogens with one attached hydrogen (secondary N) is 2. The van der Waals surface area contributed by atoms with Crippen LogP contribution >= 0.6 is 0 Å². The molecule has 1 aromatic rings. The molecular formula is C13H18F3N3O2S. The fourth-order valence-corrected chi connectivity index (χ4v) is 3.55. The molecule has 124 valence electrons. The molecule has 1 heterocycles. The lowest BCUT2D eigenvalue weighted by Gasteiger charge is -2.26. The van der Waals surface area contributed by atoms with Gasteiger partial charge in [0.1, 0.15) is 6.54 Å². The summed E-state index contributed by atoms with van der Waals surface area (Å²) < 4.78 is 65.1. The predicted octanol–water partition coefficient (Wildman–Crippen LogP) is 2.80. The molecule has 5 nitrogen and oxygen atoms in total. The van der Waals surface area contributed by atoms with Gasteiger partial charge in [0.05, 0.1) is 11.4 Å². The highest BCUT2D eigenvalue weighted by atomic mass is 32.2. The predicted molar refractivity (Wildman–Crippen MR) is 79.0 cm³/mol. The molecule has 0 spiro atoms. The highest BCUT2D eigenvalue weighted by Gasteiger charge is 2.28. The first-order chi connectivity index (χ1) is 10.3. The molecule has 2 rings (SSSR count). The molecule has 1 aliphatic rings. The zero-order chi connectivity index (χ0) is 16.2. The Hall–Kier alpha value is -1.48. The minimum absolute atomic E-state index is 0.0976. The minimum atomic E-state index is -4.38. The zero-order valence-corrected chi connectivity index (χ0v) is 12.7. The number of halogens is 3. The second kappa shape index (κ2) is 6.74. The quantitative estimate of drug-likeness (QED) is 0.868. The summed E-state index contributed by atoms with van der Waals surface area (Å²) in [6.45, 7) is -0.379. The van der Waals surface area contributed by atoms with Gasteiger partial charge in [0.25, 0.3) is 0 Å². The number of alkyl halides is 3. The van der Waals surface area contributed by atoms with Gasteiger partial charge in [-0.25, -0.2) is 0 Å². The van der Waals surface area contributed by atoms with Crippen molar-refractivity contribution in [2.75, 3.05) is 29.7 Å². The van der Waals surface area contributed by atoms with Gasteiger partial charge < -0.3 is 5.32 Å². The van der Waals surface area contributed by atoms with Crippen molar-refractivity contribution in [1.82, 2.24) is 4.31 Å². The zero-order valence-electron chi connectivity index (χ0n) is 11.9. The van der Waals surface area contributed by atoms with E-state index in [2.05, 4.69) is 10.0 Å². The molecule has 1 fully saturated rings. The van der Waals surface area contributed by atoms with Gasteiger partial charge in [-0.2, -0.15) is 25.9 Å². The van der Waals surface area contributed by atoms with E-state index >= 15 is 0 Å². The first kappa shape index (κ1) is 16.9. The molecule has 0 saturated carbocycles. The van der Waals surface area contributed by atoms with Crippen molar-refractivity contribution < 1.29 is 21.6 Å². The number of nitrogens with zero attached hydrogens (tertiary/aromatic N) is 1. The molecule has 0 amide bonds. The summed E-state index contributed by atoms with van der Waals surface area (Å²) in [5, 5.41) is 2.21. The summed E-state index contributed by atoms with van der Waals surface area (Å²) in [5.74, 6) is 0. The average Bonchev–Trinajstić information content (AvgIpc) is 2.46. The van der Waals surface area contributed by atoms with Crippen molar-refractivity contribution in [2.24, 2.45) is 0 Å². The molecule has 0 unspecified atom stereocenters. The van der Waals surface area contributed by atoms with E-state index in [1.54, 1.807) is 6.07 Å². The SMILES string of the molecule is O=S(=O)(Nc1ccccc1NCC(F)(F)F)N1CCCCC1. The van der Waals surface area contributed by atoms with Crippen molar-refractivity contribution in [2.45, 2.75) is 25.4 Å². The Morgan fingerprint density at radius 1 is 1.05 bits per heavy atom. The third-order valence-corrected chi connectivity index (χ3v) is 4.82. The highest BCUT2D eigenvalue weighted by Crippen LogP contribution is 2.25. The van der Waals surface area contributed by atoms with Crippen molar-refractivity contribution >= 4 is 21.6 Å². The molecule has 1 aliphatic heterocycles.